The average molecular weight is 449 g/mol. The Morgan fingerprint density at radius 3 is 2.27 bits per heavy atom. The lowest BCUT2D eigenvalue weighted by Gasteiger charge is -2.39. The van der Waals surface area contributed by atoms with Gasteiger partial charge >= 0.3 is 0 Å². The van der Waals surface area contributed by atoms with Crippen molar-refractivity contribution >= 4 is 11.6 Å². The molecule has 0 spiro atoms. The van der Waals surface area contributed by atoms with Crippen LogP contribution in [-0.4, -0.2) is 44.2 Å². The van der Waals surface area contributed by atoms with Gasteiger partial charge in [0, 0.05) is 48.6 Å². The quantitative estimate of drug-likeness (QED) is 0.501. The number of rotatable bonds is 7. The van der Waals surface area contributed by atoms with Gasteiger partial charge in [0.25, 0.3) is 5.91 Å². The number of carbonyl (C=O) groups excluding carboxylic acids is 1. The number of hydrogen-bond acceptors (Lipinski definition) is 4. The minimum atomic E-state index is -0.175. The molecule has 1 heterocycles. The normalized spacial score (nSPS) is 14.6. The number of likely N-dealkylation sites (tertiary alicyclic amines) is 1. The highest BCUT2D eigenvalue weighted by atomic mass is 19.1. The minimum absolute atomic E-state index is 0.0210. The first-order valence-electron chi connectivity index (χ1n) is 11.2. The van der Waals surface area contributed by atoms with Gasteiger partial charge in [0.2, 0.25) is 0 Å². The molecule has 0 unspecified atom stereocenters. The second-order valence-electron chi connectivity index (χ2n) is 8.18. The Morgan fingerprint density at radius 2 is 1.61 bits per heavy atom. The fraction of sp³-hybridized carbons (Fsp3) is 0.296. The van der Waals surface area contributed by atoms with Crippen LogP contribution in [-0.2, 0) is 6.54 Å². The number of ether oxygens (including phenoxy) is 2. The smallest absolute Gasteiger partial charge is 0.258 e. The first-order valence-corrected chi connectivity index (χ1v) is 11.2. The van der Waals surface area contributed by atoms with Gasteiger partial charge in [-0.05, 0) is 43.2 Å². The fourth-order valence-corrected chi connectivity index (χ4v) is 4.39. The molecule has 33 heavy (non-hydrogen) atoms. The molecular weight excluding hydrogens is 419 g/mol. The maximum Gasteiger partial charge on any atom is 0.258 e. The van der Waals surface area contributed by atoms with Crippen LogP contribution in [0, 0.1) is 5.82 Å². The summed E-state index contributed by atoms with van der Waals surface area (Å²) in [4.78, 5) is 17.7. The van der Waals surface area contributed by atoms with Crippen LogP contribution >= 0.6 is 0 Å². The molecule has 172 valence electrons. The molecule has 4 rings (SSSR count). The van der Waals surface area contributed by atoms with Crippen molar-refractivity contribution in [1.82, 2.24) is 4.90 Å². The maximum atomic E-state index is 14.1. The van der Waals surface area contributed by atoms with Gasteiger partial charge in [0.15, 0.2) is 11.5 Å². The van der Waals surface area contributed by atoms with Crippen LogP contribution in [0.2, 0.25) is 0 Å². The molecule has 0 radical (unpaired) electrons. The van der Waals surface area contributed by atoms with Gasteiger partial charge in [-0.3, -0.25) is 9.69 Å². The zero-order chi connectivity index (χ0) is 23.2. The van der Waals surface area contributed by atoms with Crippen LogP contribution in [0.1, 0.15) is 28.8 Å². The number of hydrogen-bond donors (Lipinski definition) is 0. The zero-order valence-electron chi connectivity index (χ0n) is 19.0. The lowest BCUT2D eigenvalue weighted by molar-refractivity contribution is 0.0958. The van der Waals surface area contributed by atoms with E-state index in [9.17, 15) is 9.18 Å². The van der Waals surface area contributed by atoms with Crippen molar-refractivity contribution in [2.24, 2.45) is 0 Å². The summed E-state index contributed by atoms with van der Waals surface area (Å²) < 4.78 is 25.0. The molecule has 1 saturated heterocycles. The van der Waals surface area contributed by atoms with E-state index in [1.807, 2.05) is 65.6 Å². The summed E-state index contributed by atoms with van der Waals surface area (Å²) in [6.45, 7) is 2.14. The standard InChI is InChI=1S/C27H29FN2O3/c1-32-25-13-12-23(18-26(25)33-2)30(27(31)20-8-4-3-5-9-20)22-14-16-29(17-15-22)19-21-10-6-7-11-24(21)28/h3-13,18,22H,14-17,19H2,1-2H3. The van der Waals surface area contributed by atoms with Crippen LogP contribution in [0.5, 0.6) is 11.5 Å². The van der Waals surface area contributed by atoms with Crippen molar-refractivity contribution in [3.63, 3.8) is 0 Å². The first kappa shape index (κ1) is 22.8. The molecule has 0 aliphatic carbocycles. The van der Waals surface area contributed by atoms with Gasteiger partial charge in [-0.2, -0.15) is 0 Å². The van der Waals surface area contributed by atoms with E-state index in [4.69, 9.17) is 9.47 Å². The van der Waals surface area contributed by atoms with Crippen LogP contribution in [0.25, 0.3) is 0 Å². The highest BCUT2D eigenvalue weighted by Gasteiger charge is 2.30. The number of piperidine rings is 1. The summed E-state index contributed by atoms with van der Waals surface area (Å²) in [5.74, 6) is 0.979. The second kappa shape index (κ2) is 10.5. The Kier molecular flexibility index (Phi) is 7.25. The van der Waals surface area contributed by atoms with E-state index < -0.39 is 0 Å². The van der Waals surface area contributed by atoms with E-state index in [0.29, 0.717) is 29.2 Å². The number of methoxy groups -OCH3 is 2. The van der Waals surface area contributed by atoms with E-state index in [2.05, 4.69) is 4.90 Å². The third-order valence-corrected chi connectivity index (χ3v) is 6.16. The SMILES string of the molecule is COc1ccc(N(C(=O)c2ccccc2)C2CCN(Cc3ccccc3F)CC2)cc1OC. The number of carbonyl (C=O) groups is 1. The molecular formula is C27H29FN2O3. The van der Waals surface area contributed by atoms with Gasteiger partial charge in [-0.15, -0.1) is 0 Å². The van der Waals surface area contributed by atoms with Gasteiger partial charge in [-0.1, -0.05) is 36.4 Å². The molecule has 1 aliphatic heterocycles. The van der Waals surface area contributed by atoms with Gasteiger partial charge in [0.1, 0.15) is 5.82 Å². The van der Waals surface area contributed by atoms with Crippen LogP contribution in [0.4, 0.5) is 10.1 Å². The first-order chi connectivity index (χ1) is 16.1. The van der Waals surface area contributed by atoms with E-state index >= 15 is 0 Å². The molecule has 6 heteroatoms. The Labute approximate surface area is 194 Å². The monoisotopic (exact) mass is 448 g/mol. The summed E-state index contributed by atoms with van der Waals surface area (Å²) >= 11 is 0. The number of anilines is 1. The van der Waals surface area contributed by atoms with E-state index in [1.54, 1.807) is 20.3 Å². The molecule has 0 aromatic heterocycles. The molecule has 5 nitrogen and oxygen atoms in total. The van der Waals surface area contributed by atoms with Crippen molar-refractivity contribution in [3.05, 3.63) is 89.7 Å². The summed E-state index contributed by atoms with van der Waals surface area (Å²) in [5.41, 5.74) is 2.11. The van der Waals surface area contributed by atoms with E-state index in [-0.39, 0.29) is 17.8 Å². The van der Waals surface area contributed by atoms with Crippen LogP contribution < -0.4 is 14.4 Å². The fourth-order valence-electron chi connectivity index (χ4n) is 4.39. The number of nitrogens with zero attached hydrogens (tertiary/aromatic N) is 2. The van der Waals surface area contributed by atoms with Gasteiger partial charge in [-0.25, -0.2) is 4.39 Å². The average Bonchev–Trinajstić information content (AvgIpc) is 2.87. The second-order valence-corrected chi connectivity index (χ2v) is 8.18. The van der Waals surface area contributed by atoms with E-state index in [0.717, 1.165) is 31.6 Å². The Balaban J connectivity index is 1.57. The van der Waals surface area contributed by atoms with Crippen molar-refractivity contribution < 1.29 is 18.7 Å². The Hall–Kier alpha value is -3.38. The third-order valence-electron chi connectivity index (χ3n) is 6.16. The molecule has 3 aromatic rings. The summed E-state index contributed by atoms with van der Waals surface area (Å²) in [6, 6.07) is 21.8. The zero-order valence-corrected chi connectivity index (χ0v) is 19.0. The van der Waals surface area contributed by atoms with Crippen LogP contribution in [0.15, 0.2) is 72.8 Å². The van der Waals surface area contributed by atoms with Crippen molar-refractivity contribution in [2.75, 3.05) is 32.2 Å². The van der Waals surface area contributed by atoms with Crippen LogP contribution in [0.3, 0.4) is 0 Å². The Morgan fingerprint density at radius 1 is 0.939 bits per heavy atom. The number of benzene rings is 3. The lowest BCUT2D eigenvalue weighted by atomic mass is 10.00. The van der Waals surface area contributed by atoms with Crippen molar-refractivity contribution in [3.8, 4) is 11.5 Å². The Bertz CT molecular complexity index is 1080. The predicted molar refractivity (Wildman–Crippen MR) is 127 cm³/mol. The molecule has 0 saturated carbocycles. The summed E-state index contributed by atoms with van der Waals surface area (Å²) in [7, 11) is 3.18. The molecule has 0 bridgehead atoms. The molecule has 1 amide bonds. The van der Waals surface area contributed by atoms with Crippen molar-refractivity contribution in [1.29, 1.82) is 0 Å². The predicted octanol–water partition coefficient (Wildman–Crippen LogP) is 5.15. The molecule has 3 aromatic carbocycles. The molecule has 0 N–H and O–H groups in total. The highest BCUT2D eigenvalue weighted by Crippen LogP contribution is 2.34. The van der Waals surface area contributed by atoms with Gasteiger partial charge < -0.3 is 14.4 Å². The molecule has 1 fully saturated rings. The topological polar surface area (TPSA) is 42.0 Å². The van der Waals surface area contributed by atoms with Crippen molar-refractivity contribution in [2.45, 2.75) is 25.4 Å². The summed E-state index contributed by atoms with van der Waals surface area (Å²) in [5, 5.41) is 0. The molecule has 1 aliphatic rings. The van der Waals surface area contributed by atoms with Gasteiger partial charge in [0.05, 0.1) is 14.2 Å². The molecule has 0 atom stereocenters. The maximum absolute atomic E-state index is 14.1. The highest BCUT2D eigenvalue weighted by molar-refractivity contribution is 6.06. The largest absolute Gasteiger partial charge is 0.493 e. The van der Waals surface area contributed by atoms with E-state index in [1.165, 1.54) is 6.07 Å². The lowest BCUT2D eigenvalue weighted by Crippen LogP contribution is -2.47. The third kappa shape index (κ3) is 5.17. The minimum Gasteiger partial charge on any atom is -0.493 e. The number of halogens is 1. The summed E-state index contributed by atoms with van der Waals surface area (Å²) in [6.07, 6.45) is 1.59. The number of amides is 1.